The Hall–Kier alpha value is -0.830. The predicted octanol–water partition coefficient (Wildman–Crippen LogP) is 3.11. The number of aryl methyl sites for hydroxylation is 2. The minimum atomic E-state index is 0.150. The Balaban J connectivity index is 2.23. The number of thiophene rings is 1. The van der Waals surface area contributed by atoms with Gasteiger partial charge in [0.2, 0.25) is 0 Å². The molecule has 0 saturated heterocycles. The Morgan fingerprint density at radius 2 is 1.88 bits per heavy atom. The second-order valence-electron chi connectivity index (χ2n) is 4.67. The van der Waals surface area contributed by atoms with Crippen molar-refractivity contribution in [1.29, 1.82) is 0 Å². The van der Waals surface area contributed by atoms with Crippen LogP contribution in [0, 0.1) is 0 Å². The summed E-state index contributed by atoms with van der Waals surface area (Å²) in [6.45, 7) is 0. The average Bonchev–Trinajstić information content (AvgIpc) is 2.59. The zero-order valence-electron chi connectivity index (χ0n) is 10.1. The lowest BCUT2D eigenvalue weighted by Gasteiger charge is -2.07. The second-order valence-corrected chi connectivity index (χ2v) is 5.81. The summed E-state index contributed by atoms with van der Waals surface area (Å²) in [6, 6.07) is 2.12. The molecular weight excluding hydrogens is 218 g/mol. The molecule has 1 aromatic rings. The molecule has 2 nitrogen and oxygen atoms in total. The molecule has 2 rings (SSSR count). The van der Waals surface area contributed by atoms with E-state index in [0.717, 1.165) is 11.3 Å². The van der Waals surface area contributed by atoms with Gasteiger partial charge in [-0.2, -0.15) is 0 Å². The topological polar surface area (TPSA) is 20.3 Å². The molecule has 0 radical (unpaired) electrons. The Morgan fingerprint density at radius 1 is 1.19 bits per heavy atom. The lowest BCUT2D eigenvalue weighted by atomic mass is 10.00. The van der Waals surface area contributed by atoms with Crippen molar-refractivity contribution in [3.8, 4) is 0 Å². The van der Waals surface area contributed by atoms with E-state index in [1.165, 1.54) is 42.5 Å². The lowest BCUT2D eigenvalue weighted by Crippen LogP contribution is -2.20. The Kier molecular flexibility index (Phi) is 3.64. The molecule has 88 valence electrons. The fraction of sp³-hybridized carbons (Fsp3) is 0.615. The Bertz CT molecular complexity index is 356. The molecule has 1 aliphatic rings. The molecule has 0 spiro atoms. The number of hydrogen-bond donors (Lipinski definition) is 0. The third-order valence-corrected chi connectivity index (χ3v) is 4.34. The normalized spacial score (nSPS) is 16.1. The first-order valence-electron chi connectivity index (χ1n) is 6.01. The highest BCUT2D eigenvalue weighted by molar-refractivity contribution is 7.14. The number of nitrogens with zero attached hydrogens (tertiary/aromatic N) is 1. The van der Waals surface area contributed by atoms with E-state index in [1.807, 2.05) is 14.1 Å². The van der Waals surface area contributed by atoms with Crippen LogP contribution in [0.2, 0.25) is 0 Å². The highest BCUT2D eigenvalue weighted by Gasteiger charge is 2.16. The second kappa shape index (κ2) is 5.00. The van der Waals surface area contributed by atoms with Gasteiger partial charge in [-0.3, -0.25) is 4.79 Å². The SMILES string of the molecule is CN(C)C(=O)c1cc2c(s1)CCCCCC2. The van der Waals surface area contributed by atoms with Crippen LogP contribution < -0.4 is 0 Å². The monoisotopic (exact) mass is 237 g/mol. The van der Waals surface area contributed by atoms with Crippen molar-refractivity contribution in [3.05, 3.63) is 21.4 Å². The van der Waals surface area contributed by atoms with Gasteiger partial charge in [-0.25, -0.2) is 0 Å². The fourth-order valence-electron chi connectivity index (χ4n) is 2.17. The van der Waals surface area contributed by atoms with E-state index in [4.69, 9.17) is 0 Å². The van der Waals surface area contributed by atoms with E-state index >= 15 is 0 Å². The Morgan fingerprint density at radius 3 is 2.56 bits per heavy atom. The van der Waals surface area contributed by atoms with Gasteiger partial charge in [0.05, 0.1) is 4.88 Å². The average molecular weight is 237 g/mol. The van der Waals surface area contributed by atoms with E-state index in [9.17, 15) is 4.79 Å². The first kappa shape index (κ1) is 11.6. The summed E-state index contributed by atoms with van der Waals surface area (Å²) in [4.78, 5) is 15.9. The smallest absolute Gasteiger partial charge is 0.263 e. The molecule has 1 heterocycles. The molecule has 0 bridgehead atoms. The van der Waals surface area contributed by atoms with Crippen molar-refractivity contribution in [2.75, 3.05) is 14.1 Å². The Labute approximate surface area is 101 Å². The van der Waals surface area contributed by atoms with Gasteiger partial charge in [-0.15, -0.1) is 11.3 Å². The van der Waals surface area contributed by atoms with Gasteiger partial charge in [0.15, 0.2) is 0 Å². The first-order valence-corrected chi connectivity index (χ1v) is 6.83. The molecule has 3 heteroatoms. The number of hydrogen-bond acceptors (Lipinski definition) is 2. The summed E-state index contributed by atoms with van der Waals surface area (Å²) in [5.74, 6) is 0.150. The molecule has 0 atom stereocenters. The van der Waals surface area contributed by atoms with Crippen LogP contribution in [0.1, 0.15) is 45.8 Å². The molecule has 0 aliphatic heterocycles. The molecule has 0 fully saturated rings. The number of fused-ring (bicyclic) bond motifs is 1. The van der Waals surface area contributed by atoms with E-state index < -0.39 is 0 Å². The minimum absolute atomic E-state index is 0.150. The maximum atomic E-state index is 11.9. The molecule has 1 aromatic heterocycles. The summed E-state index contributed by atoms with van der Waals surface area (Å²) < 4.78 is 0. The van der Waals surface area contributed by atoms with E-state index in [-0.39, 0.29) is 5.91 Å². The van der Waals surface area contributed by atoms with Gasteiger partial charge >= 0.3 is 0 Å². The quantitative estimate of drug-likeness (QED) is 0.735. The predicted molar refractivity (Wildman–Crippen MR) is 68.2 cm³/mol. The third kappa shape index (κ3) is 2.46. The molecular formula is C13H19NOS. The number of amides is 1. The van der Waals surface area contributed by atoms with Crippen LogP contribution in [0.4, 0.5) is 0 Å². The standard InChI is InChI=1S/C13H19NOS/c1-14(2)13(15)12-9-10-7-5-3-4-6-8-11(10)16-12/h9H,3-8H2,1-2H3. The third-order valence-electron chi connectivity index (χ3n) is 3.11. The maximum Gasteiger partial charge on any atom is 0.263 e. The summed E-state index contributed by atoms with van der Waals surface area (Å²) in [5.41, 5.74) is 1.43. The van der Waals surface area contributed by atoms with E-state index in [1.54, 1.807) is 16.2 Å². The van der Waals surface area contributed by atoms with E-state index in [0.29, 0.717) is 0 Å². The number of rotatable bonds is 1. The first-order chi connectivity index (χ1) is 7.68. The van der Waals surface area contributed by atoms with Crippen molar-refractivity contribution in [1.82, 2.24) is 4.90 Å². The summed E-state index contributed by atoms with van der Waals surface area (Å²) in [7, 11) is 3.64. The summed E-state index contributed by atoms with van der Waals surface area (Å²) in [5, 5.41) is 0. The van der Waals surface area contributed by atoms with Crippen LogP contribution in [0.3, 0.4) is 0 Å². The number of carbonyl (C=O) groups is 1. The summed E-state index contributed by atoms with van der Waals surface area (Å²) in [6.07, 6.45) is 7.57. The van der Waals surface area contributed by atoms with Crippen molar-refractivity contribution in [3.63, 3.8) is 0 Å². The van der Waals surface area contributed by atoms with Crippen molar-refractivity contribution >= 4 is 17.2 Å². The van der Waals surface area contributed by atoms with Gasteiger partial charge in [0.1, 0.15) is 0 Å². The van der Waals surface area contributed by atoms with Gasteiger partial charge in [-0.05, 0) is 37.3 Å². The van der Waals surface area contributed by atoms with Crippen LogP contribution in [-0.2, 0) is 12.8 Å². The van der Waals surface area contributed by atoms with Crippen LogP contribution in [0.25, 0.3) is 0 Å². The molecule has 16 heavy (non-hydrogen) atoms. The van der Waals surface area contributed by atoms with Crippen LogP contribution in [0.15, 0.2) is 6.07 Å². The molecule has 0 saturated carbocycles. The lowest BCUT2D eigenvalue weighted by molar-refractivity contribution is 0.0832. The zero-order valence-corrected chi connectivity index (χ0v) is 10.9. The molecule has 1 aliphatic carbocycles. The molecule has 0 aromatic carbocycles. The largest absolute Gasteiger partial charge is 0.344 e. The molecule has 1 amide bonds. The van der Waals surface area contributed by atoms with Crippen LogP contribution >= 0.6 is 11.3 Å². The highest BCUT2D eigenvalue weighted by atomic mass is 32.1. The molecule has 0 N–H and O–H groups in total. The summed E-state index contributed by atoms with van der Waals surface area (Å²) >= 11 is 1.70. The van der Waals surface area contributed by atoms with Crippen LogP contribution in [0.5, 0.6) is 0 Å². The van der Waals surface area contributed by atoms with Gasteiger partial charge in [0, 0.05) is 19.0 Å². The van der Waals surface area contributed by atoms with E-state index in [2.05, 4.69) is 6.07 Å². The van der Waals surface area contributed by atoms with Crippen molar-refractivity contribution in [2.24, 2.45) is 0 Å². The fourth-order valence-corrected chi connectivity index (χ4v) is 3.45. The van der Waals surface area contributed by atoms with Gasteiger partial charge < -0.3 is 4.90 Å². The van der Waals surface area contributed by atoms with Crippen LogP contribution in [-0.4, -0.2) is 24.9 Å². The number of carbonyl (C=O) groups excluding carboxylic acids is 1. The zero-order chi connectivity index (χ0) is 11.5. The highest BCUT2D eigenvalue weighted by Crippen LogP contribution is 2.28. The van der Waals surface area contributed by atoms with Gasteiger partial charge in [-0.1, -0.05) is 12.8 Å². The maximum absolute atomic E-state index is 11.9. The van der Waals surface area contributed by atoms with Crippen molar-refractivity contribution < 1.29 is 4.79 Å². The molecule has 0 unspecified atom stereocenters. The minimum Gasteiger partial charge on any atom is -0.344 e. The van der Waals surface area contributed by atoms with Gasteiger partial charge in [0.25, 0.3) is 5.91 Å². The van der Waals surface area contributed by atoms with Crippen molar-refractivity contribution in [2.45, 2.75) is 38.5 Å².